The largest absolute Gasteiger partial charge is 0.374 e. The van der Waals surface area contributed by atoms with E-state index < -0.39 is 0 Å². The number of amides is 1. The third-order valence-electron chi connectivity index (χ3n) is 4.86. The van der Waals surface area contributed by atoms with Gasteiger partial charge in [-0.1, -0.05) is 13.8 Å². The summed E-state index contributed by atoms with van der Waals surface area (Å²) in [6.07, 6.45) is 1.45. The van der Waals surface area contributed by atoms with Crippen LogP contribution in [0.25, 0.3) is 0 Å². The van der Waals surface area contributed by atoms with Crippen LogP contribution in [0.1, 0.15) is 40.5 Å². The number of rotatable bonds is 2. The molecule has 0 bridgehead atoms. The van der Waals surface area contributed by atoms with Crippen molar-refractivity contribution < 1.29 is 14.3 Å². The van der Waals surface area contributed by atoms with E-state index in [1.54, 1.807) is 0 Å². The Balaban J connectivity index is 2.06. The molecule has 2 rings (SSSR count). The molecule has 0 aromatic rings. The maximum Gasteiger partial charge on any atom is 0.228 e. The topological polar surface area (TPSA) is 46.6 Å². The summed E-state index contributed by atoms with van der Waals surface area (Å²) >= 11 is 0. The van der Waals surface area contributed by atoms with Gasteiger partial charge in [-0.3, -0.25) is 9.59 Å². The average Bonchev–Trinajstić information content (AvgIpc) is 2.63. The number of hydrogen-bond acceptors (Lipinski definition) is 3. The molecule has 0 aromatic heterocycles. The zero-order chi connectivity index (χ0) is 14.2. The molecule has 0 saturated carbocycles. The van der Waals surface area contributed by atoms with Gasteiger partial charge in [0.15, 0.2) is 0 Å². The van der Waals surface area contributed by atoms with Gasteiger partial charge in [0.05, 0.1) is 18.1 Å². The van der Waals surface area contributed by atoms with Crippen molar-refractivity contribution in [1.82, 2.24) is 4.90 Å². The molecule has 108 valence electrons. The summed E-state index contributed by atoms with van der Waals surface area (Å²) in [7, 11) is 0. The number of piperidine rings is 1. The van der Waals surface area contributed by atoms with E-state index in [2.05, 4.69) is 6.92 Å². The highest BCUT2D eigenvalue weighted by Crippen LogP contribution is 2.34. The Kier molecular flexibility index (Phi) is 4.29. The Hall–Kier alpha value is -0.900. The fraction of sp³-hybridized carbons (Fsp3) is 0.867. The molecule has 2 heterocycles. The minimum Gasteiger partial charge on any atom is -0.374 e. The van der Waals surface area contributed by atoms with Crippen molar-refractivity contribution in [2.75, 3.05) is 13.1 Å². The minimum absolute atomic E-state index is 0.0183. The first-order chi connectivity index (χ1) is 8.95. The summed E-state index contributed by atoms with van der Waals surface area (Å²) in [5.41, 5.74) is 0. The third kappa shape index (κ3) is 2.69. The summed E-state index contributed by atoms with van der Waals surface area (Å²) in [6, 6.07) is 0. The lowest BCUT2D eigenvalue weighted by Gasteiger charge is -2.34. The predicted octanol–water partition coefficient (Wildman–Crippen LogP) is 1.87. The van der Waals surface area contributed by atoms with Crippen LogP contribution in [-0.2, 0) is 14.3 Å². The molecule has 5 atom stereocenters. The number of hydrogen-bond donors (Lipinski definition) is 0. The first kappa shape index (κ1) is 14.5. The Morgan fingerprint density at radius 1 is 1.32 bits per heavy atom. The van der Waals surface area contributed by atoms with Crippen molar-refractivity contribution >= 4 is 11.7 Å². The number of ether oxygens (including phenoxy) is 1. The average molecular weight is 267 g/mol. The number of ketones is 1. The van der Waals surface area contributed by atoms with Crippen LogP contribution in [0.15, 0.2) is 0 Å². The molecular formula is C15H25NO3. The van der Waals surface area contributed by atoms with Crippen molar-refractivity contribution in [2.24, 2.45) is 17.8 Å². The Morgan fingerprint density at radius 3 is 2.53 bits per heavy atom. The summed E-state index contributed by atoms with van der Waals surface area (Å²) in [4.78, 5) is 26.3. The summed E-state index contributed by atoms with van der Waals surface area (Å²) in [5, 5.41) is 0. The lowest BCUT2D eigenvalue weighted by atomic mass is 9.86. The fourth-order valence-electron chi connectivity index (χ4n) is 3.37. The van der Waals surface area contributed by atoms with Crippen LogP contribution in [0.4, 0.5) is 0 Å². The van der Waals surface area contributed by atoms with E-state index in [9.17, 15) is 9.59 Å². The van der Waals surface area contributed by atoms with E-state index in [0.717, 1.165) is 6.42 Å². The predicted molar refractivity (Wildman–Crippen MR) is 72.6 cm³/mol. The van der Waals surface area contributed by atoms with Crippen LogP contribution in [0.3, 0.4) is 0 Å². The Bertz CT molecular complexity index is 368. The van der Waals surface area contributed by atoms with E-state index in [1.807, 2.05) is 25.7 Å². The fourth-order valence-corrected chi connectivity index (χ4v) is 3.37. The highest BCUT2D eigenvalue weighted by atomic mass is 16.5. The number of likely N-dealkylation sites (tertiary alicyclic amines) is 1. The normalized spacial score (nSPS) is 39.7. The van der Waals surface area contributed by atoms with Crippen molar-refractivity contribution in [1.29, 1.82) is 0 Å². The van der Waals surface area contributed by atoms with E-state index >= 15 is 0 Å². The number of Topliss-reactive ketones (excluding diaryl/α,β-unsaturated/α-hetero) is 1. The van der Waals surface area contributed by atoms with Crippen molar-refractivity contribution in [3.8, 4) is 0 Å². The van der Waals surface area contributed by atoms with Crippen molar-refractivity contribution in [3.05, 3.63) is 0 Å². The van der Waals surface area contributed by atoms with Crippen LogP contribution >= 0.6 is 0 Å². The van der Waals surface area contributed by atoms with Gasteiger partial charge in [-0.2, -0.15) is 0 Å². The van der Waals surface area contributed by atoms with Gasteiger partial charge < -0.3 is 9.64 Å². The number of carbonyl (C=O) groups excluding carboxylic acids is 2. The first-order valence-electron chi connectivity index (χ1n) is 7.42. The van der Waals surface area contributed by atoms with Crippen LogP contribution in [-0.4, -0.2) is 41.9 Å². The lowest BCUT2D eigenvalue weighted by molar-refractivity contribution is -0.142. The van der Waals surface area contributed by atoms with Gasteiger partial charge in [-0.25, -0.2) is 0 Å². The van der Waals surface area contributed by atoms with Gasteiger partial charge in [-0.05, 0) is 26.2 Å². The smallest absolute Gasteiger partial charge is 0.228 e. The molecule has 0 spiro atoms. The van der Waals surface area contributed by atoms with Gasteiger partial charge in [0.2, 0.25) is 5.91 Å². The second-order valence-electron chi connectivity index (χ2n) is 6.04. The Morgan fingerprint density at radius 2 is 2.00 bits per heavy atom. The van der Waals surface area contributed by atoms with Gasteiger partial charge in [0, 0.05) is 25.4 Å². The second kappa shape index (κ2) is 5.61. The standard InChI is InChI=1S/C15H25NO3/c1-5-12-8-16(7-6-13(12)17)15(18)14-9(2)10(3)19-11(14)4/h9-12,14H,5-8H2,1-4H3. The molecule has 0 N–H and O–H groups in total. The van der Waals surface area contributed by atoms with Crippen LogP contribution in [0.5, 0.6) is 0 Å². The molecule has 19 heavy (non-hydrogen) atoms. The van der Waals surface area contributed by atoms with E-state index in [1.165, 1.54) is 0 Å². The van der Waals surface area contributed by atoms with Gasteiger partial charge >= 0.3 is 0 Å². The van der Waals surface area contributed by atoms with Crippen LogP contribution < -0.4 is 0 Å². The Labute approximate surface area is 115 Å². The summed E-state index contributed by atoms with van der Waals surface area (Å²) < 4.78 is 5.76. The second-order valence-corrected chi connectivity index (χ2v) is 6.04. The minimum atomic E-state index is -0.0549. The molecular weight excluding hydrogens is 242 g/mol. The maximum atomic E-state index is 12.7. The molecule has 0 aromatic carbocycles. The zero-order valence-electron chi connectivity index (χ0n) is 12.4. The zero-order valence-corrected chi connectivity index (χ0v) is 12.4. The molecule has 4 nitrogen and oxygen atoms in total. The van der Waals surface area contributed by atoms with Gasteiger partial charge in [0.25, 0.3) is 0 Å². The molecule has 1 amide bonds. The lowest BCUT2D eigenvalue weighted by Crippen LogP contribution is -2.48. The highest BCUT2D eigenvalue weighted by molar-refractivity contribution is 5.86. The monoisotopic (exact) mass is 267 g/mol. The first-order valence-corrected chi connectivity index (χ1v) is 7.42. The SMILES string of the molecule is CCC1CN(C(=O)C2C(C)OC(C)C2C)CCC1=O. The molecule has 2 fully saturated rings. The van der Waals surface area contributed by atoms with Gasteiger partial charge in [0.1, 0.15) is 5.78 Å². The molecule has 0 radical (unpaired) electrons. The van der Waals surface area contributed by atoms with E-state index in [-0.39, 0.29) is 35.9 Å². The molecule has 0 aliphatic carbocycles. The summed E-state index contributed by atoms with van der Waals surface area (Å²) in [6.45, 7) is 9.29. The van der Waals surface area contributed by atoms with Crippen LogP contribution in [0, 0.1) is 17.8 Å². The molecule has 2 aliphatic rings. The summed E-state index contributed by atoms with van der Waals surface area (Å²) in [5.74, 6) is 0.711. The number of carbonyl (C=O) groups is 2. The van der Waals surface area contributed by atoms with Crippen molar-refractivity contribution in [3.63, 3.8) is 0 Å². The molecule has 4 heteroatoms. The molecule has 5 unspecified atom stereocenters. The quantitative estimate of drug-likeness (QED) is 0.767. The van der Waals surface area contributed by atoms with E-state index in [4.69, 9.17) is 4.74 Å². The van der Waals surface area contributed by atoms with Gasteiger partial charge in [-0.15, -0.1) is 0 Å². The number of nitrogens with zero attached hydrogens (tertiary/aromatic N) is 1. The highest BCUT2D eigenvalue weighted by Gasteiger charge is 2.44. The van der Waals surface area contributed by atoms with E-state index in [0.29, 0.717) is 25.3 Å². The molecule has 2 saturated heterocycles. The van der Waals surface area contributed by atoms with Crippen LogP contribution in [0.2, 0.25) is 0 Å². The molecule has 2 aliphatic heterocycles. The third-order valence-corrected chi connectivity index (χ3v) is 4.86. The maximum absolute atomic E-state index is 12.7. The van der Waals surface area contributed by atoms with Crippen molar-refractivity contribution in [2.45, 2.75) is 52.7 Å².